The lowest BCUT2D eigenvalue weighted by Gasteiger charge is -2.23. The van der Waals surface area contributed by atoms with E-state index in [1.807, 2.05) is 41.1 Å². The Bertz CT molecular complexity index is 639. The van der Waals surface area contributed by atoms with Crippen molar-refractivity contribution in [2.24, 2.45) is 5.92 Å². The number of hydrogen-bond acceptors (Lipinski definition) is 3. The minimum Gasteiger partial charge on any atom is -0.352 e. The first kappa shape index (κ1) is 18.2. The number of carbonyl (C=O) groups is 2. The molecule has 24 heavy (non-hydrogen) atoms. The van der Waals surface area contributed by atoms with Crippen LogP contribution in [-0.2, 0) is 4.79 Å². The summed E-state index contributed by atoms with van der Waals surface area (Å²) in [6.45, 7) is 4.69. The van der Waals surface area contributed by atoms with E-state index in [1.165, 1.54) is 11.3 Å². The van der Waals surface area contributed by atoms with Crippen molar-refractivity contribution in [1.82, 2.24) is 10.6 Å². The van der Waals surface area contributed by atoms with Crippen LogP contribution in [0, 0.1) is 5.92 Å². The van der Waals surface area contributed by atoms with Crippen molar-refractivity contribution in [3.8, 4) is 0 Å². The highest BCUT2D eigenvalue weighted by Gasteiger charge is 2.17. The zero-order chi connectivity index (χ0) is 17.4. The molecular weight excluding hydrogens is 320 g/mol. The molecule has 1 heterocycles. The van der Waals surface area contributed by atoms with Crippen LogP contribution in [0.25, 0.3) is 0 Å². The standard InChI is InChI=1S/C19H24N2O2S/c1-14(2)18(15-7-4-3-5-8-15)21-17(22)9-6-11-20-19(23)16-10-12-24-13-16/h3-5,7-8,10,12-14,18H,6,9,11H2,1-2H3,(H,20,23)(H,21,22). The largest absolute Gasteiger partial charge is 0.352 e. The van der Waals surface area contributed by atoms with E-state index in [0.717, 1.165) is 5.56 Å². The van der Waals surface area contributed by atoms with Crippen molar-refractivity contribution in [2.45, 2.75) is 32.7 Å². The normalized spacial score (nSPS) is 12.0. The molecule has 1 aromatic carbocycles. The fourth-order valence-corrected chi connectivity index (χ4v) is 3.12. The van der Waals surface area contributed by atoms with E-state index in [0.29, 0.717) is 30.9 Å². The lowest BCUT2D eigenvalue weighted by molar-refractivity contribution is -0.122. The summed E-state index contributed by atoms with van der Waals surface area (Å²) in [5.41, 5.74) is 1.79. The molecule has 2 aromatic rings. The van der Waals surface area contributed by atoms with E-state index >= 15 is 0 Å². The van der Waals surface area contributed by atoms with Crippen LogP contribution < -0.4 is 10.6 Å². The number of thiophene rings is 1. The van der Waals surface area contributed by atoms with Gasteiger partial charge in [0, 0.05) is 23.9 Å². The Balaban J connectivity index is 1.74. The fourth-order valence-electron chi connectivity index (χ4n) is 2.49. The molecule has 1 aromatic heterocycles. The van der Waals surface area contributed by atoms with Gasteiger partial charge >= 0.3 is 0 Å². The van der Waals surface area contributed by atoms with E-state index in [9.17, 15) is 9.59 Å². The highest BCUT2D eigenvalue weighted by atomic mass is 32.1. The average Bonchev–Trinajstić information content (AvgIpc) is 3.11. The Kier molecular flexibility index (Phi) is 7.00. The number of hydrogen-bond donors (Lipinski definition) is 2. The molecule has 128 valence electrons. The van der Waals surface area contributed by atoms with E-state index in [1.54, 1.807) is 6.07 Å². The minimum absolute atomic E-state index is 0.0131. The van der Waals surface area contributed by atoms with Gasteiger partial charge in [-0.1, -0.05) is 44.2 Å². The van der Waals surface area contributed by atoms with Gasteiger partial charge in [-0.3, -0.25) is 9.59 Å². The molecule has 2 N–H and O–H groups in total. The Labute approximate surface area is 147 Å². The van der Waals surface area contributed by atoms with E-state index < -0.39 is 0 Å². The van der Waals surface area contributed by atoms with Crippen LogP contribution in [-0.4, -0.2) is 18.4 Å². The molecule has 0 spiro atoms. The van der Waals surface area contributed by atoms with Crippen LogP contribution in [0.1, 0.15) is 48.7 Å². The second-order valence-electron chi connectivity index (χ2n) is 6.07. The SMILES string of the molecule is CC(C)C(NC(=O)CCCNC(=O)c1ccsc1)c1ccccc1. The monoisotopic (exact) mass is 344 g/mol. The van der Waals surface area contributed by atoms with Crippen LogP contribution in [0.3, 0.4) is 0 Å². The smallest absolute Gasteiger partial charge is 0.252 e. The maximum absolute atomic E-state index is 12.2. The summed E-state index contributed by atoms with van der Waals surface area (Å²) in [6.07, 6.45) is 1.03. The van der Waals surface area contributed by atoms with Crippen LogP contribution in [0.5, 0.6) is 0 Å². The van der Waals surface area contributed by atoms with Gasteiger partial charge in [-0.15, -0.1) is 0 Å². The summed E-state index contributed by atoms with van der Waals surface area (Å²) in [5, 5.41) is 9.62. The molecule has 0 bridgehead atoms. The maximum Gasteiger partial charge on any atom is 0.252 e. The molecule has 0 fully saturated rings. The number of nitrogens with one attached hydrogen (secondary N) is 2. The number of rotatable bonds is 8. The summed E-state index contributed by atoms with van der Waals surface area (Å²) in [4.78, 5) is 24.0. The van der Waals surface area contributed by atoms with Crippen LogP contribution in [0.2, 0.25) is 0 Å². The molecule has 1 atom stereocenters. The van der Waals surface area contributed by atoms with Gasteiger partial charge < -0.3 is 10.6 Å². The summed E-state index contributed by atoms with van der Waals surface area (Å²) >= 11 is 1.49. The third-order valence-electron chi connectivity index (χ3n) is 3.79. The van der Waals surface area contributed by atoms with Gasteiger partial charge in [-0.05, 0) is 29.3 Å². The summed E-state index contributed by atoms with van der Waals surface area (Å²) in [6, 6.07) is 11.8. The Morgan fingerprint density at radius 3 is 2.50 bits per heavy atom. The summed E-state index contributed by atoms with van der Waals surface area (Å²) in [7, 11) is 0. The Morgan fingerprint density at radius 1 is 1.12 bits per heavy atom. The van der Waals surface area contributed by atoms with Gasteiger partial charge in [0.25, 0.3) is 5.91 Å². The molecule has 1 unspecified atom stereocenters. The van der Waals surface area contributed by atoms with Crippen LogP contribution >= 0.6 is 11.3 Å². The zero-order valence-electron chi connectivity index (χ0n) is 14.1. The van der Waals surface area contributed by atoms with Crippen LogP contribution in [0.4, 0.5) is 0 Å². The van der Waals surface area contributed by atoms with E-state index in [-0.39, 0.29) is 17.9 Å². The van der Waals surface area contributed by atoms with Gasteiger partial charge in [0.15, 0.2) is 0 Å². The lowest BCUT2D eigenvalue weighted by atomic mass is 9.96. The van der Waals surface area contributed by atoms with E-state index in [4.69, 9.17) is 0 Å². The van der Waals surface area contributed by atoms with Gasteiger partial charge in [0.05, 0.1) is 6.04 Å². The second-order valence-corrected chi connectivity index (χ2v) is 6.85. The van der Waals surface area contributed by atoms with Gasteiger partial charge in [-0.25, -0.2) is 0 Å². The Hall–Kier alpha value is -2.14. The molecule has 0 saturated heterocycles. The number of carbonyl (C=O) groups excluding carboxylic acids is 2. The van der Waals surface area contributed by atoms with Crippen molar-refractivity contribution >= 4 is 23.2 Å². The predicted molar refractivity (Wildman–Crippen MR) is 98.0 cm³/mol. The van der Waals surface area contributed by atoms with Gasteiger partial charge in [-0.2, -0.15) is 11.3 Å². The number of benzene rings is 1. The predicted octanol–water partition coefficient (Wildman–Crippen LogP) is 3.77. The Morgan fingerprint density at radius 2 is 1.88 bits per heavy atom. The van der Waals surface area contributed by atoms with Crippen molar-refractivity contribution in [3.05, 3.63) is 58.3 Å². The quantitative estimate of drug-likeness (QED) is 0.716. The fraction of sp³-hybridized carbons (Fsp3) is 0.368. The molecule has 0 aliphatic carbocycles. The van der Waals surface area contributed by atoms with E-state index in [2.05, 4.69) is 24.5 Å². The molecule has 0 saturated carbocycles. The van der Waals surface area contributed by atoms with Crippen LogP contribution in [0.15, 0.2) is 47.2 Å². The summed E-state index contributed by atoms with van der Waals surface area (Å²) in [5.74, 6) is 0.248. The summed E-state index contributed by atoms with van der Waals surface area (Å²) < 4.78 is 0. The maximum atomic E-state index is 12.2. The molecule has 2 amide bonds. The van der Waals surface area contributed by atoms with Gasteiger partial charge in [0.2, 0.25) is 5.91 Å². The second kappa shape index (κ2) is 9.23. The van der Waals surface area contributed by atoms with Crippen molar-refractivity contribution in [3.63, 3.8) is 0 Å². The van der Waals surface area contributed by atoms with Crippen molar-refractivity contribution < 1.29 is 9.59 Å². The molecule has 0 aliphatic heterocycles. The molecule has 0 aliphatic rings. The lowest BCUT2D eigenvalue weighted by Crippen LogP contribution is -2.32. The minimum atomic E-state index is -0.0824. The molecule has 0 radical (unpaired) electrons. The number of amides is 2. The third-order valence-corrected chi connectivity index (χ3v) is 4.47. The highest BCUT2D eigenvalue weighted by Crippen LogP contribution is 2.21. The first-order valence-electron chi connectivity index (χ1n) is 8.22. The topological polar surface area (TPSA) is 58.2 Å². The van der Waals surface area contributed by atoms with Crippen molar-refractivity contribution in [1.29, 1.82) is 0 Å². The van der Waals surface area contributed by atoms with Gasteiger partial charge in [0.1, 0.15) is 0 Å². The zero-order valence-corrected chi connectivity index (χ0v) is 14.9. The van der Waals surface area contributed by atoms with Crippen molar-refractivity contribution in [2.75, 3.05) is 6.54 Å². The average molecular weight is 344 g/mol. The highest BCUT2D eigenvalue weighted by molar-refractivity contribution is 7.08. The first-order chi connectivity index (χ1) is 11.6. The molecule has 5 heteroatoms. The molecule has 2 rings (SSSR count). The molecular formula is C19H24N2O2S. The molecule has 4 nitrogen and oxygen atoms in total. The third kappa shape index (κ3) is 5.49. The first-order valence-corrected chi connectivity index (χ1v) is 9.17.